The van der Waals surface area contributed by atoms with Crippen LogP contribution in [0.3, 0.4) is 0 Å². The van der Waals surface area contributed by atoms with Gasteiger partial charge in [-0.3, -0.25) is 4.79 Å². The second-order valence-electron chi connectivity index (χ2n) is 12.7. The number of hydrogen-bond donors (Lipinski definition) is 3. The highest BCUT2D eigenvalue weighted by molar-refractivity contribution is 5.98. The molecule has 3 N–H and O–H groups in total. The van der Waals surface area contributed by atoms with E-state index in [2.05, 4.69) is 63.3 Å². The summed E-state index contributed by atoms with van der Waals surface area (Å²) in [6.07, 6.45) is 2.45. The quantitative estimate of drug-likeness (QED) is 0.137. The Morgan fingerprint density at radius 3 is 2.15 bits per heavy atom. The van der Waals surface area contributed by atoms with Crippen molar-refractivity contribution in [1.29, 1.82) is 0 Å². The number of alkyl carbamates (subject to hydrolysis) is 1. The molecule has 8 heteroatoms. The molecule has 0 radical (unpaired) electrons. The Balaban J connectivity index is 1.31. The zero-order valence-electron chi connectivity index (χ0n) is 27.5. The van der Waals surface area contributed by atoms with Crippen LogP contribution in [-0.4, -0.2) is 41.6 Å². The minimum atomic E-state index is -0.526. The number of amides is 2. The molecule has 1 heterocycles. The number of para-hydroxylation sites is 1. The molecule has 5 rings (SSSR count). The average Bonchev–Trinajstić information content (AvgIpc) is 3.06. The predicted molar refractivity (Wildman–Crippen MR) is 189 cm³/mol. The highest BCUT2D eigenvalue weighted by atomic mass is 16.6. The van der Waals surface area contributed by atoms with Crippen LogP contribution in [-0.2, 0) is 16.1 Å². The van der Waals surface area contributed by atoms with Crippen molar-refractivity contribution < 1.29 is 14.3 Å². The Bertz CT molecular complexity index is 1630. The number of carbonyl (C=O) groups excluding carboxylic acids is 2. The molecule has 0 fully saturated rings. The molecule has 0 spiro atoms. The van der Waals surface area contributed by atoms with E-state index in [1.165, 1.54) is 0 Å². The molecule has 244 valence electrons. The number of carbonyl (C=O) groups is 2. The van der Waals surface area contributed by atoms with Gasteiger partial charge in [0.05, 0.1) is 18.2 Å². The van der Waals surface area contributed by atoms with E-state index in [4.69, 9.17) is 9.73 Å². The number of aliphatic imine (C=N–C) groups is 1. The van der Waals surface area contributed by atoms with Crippen molar-refractivity contribution in [2.45, 2.75) is 64.6 Å². The monoisotopic (exact) mass is 631 g/mol. The van der Waals surface area contributed by atoms with Crippen LogP contribution in [0.1, 0.15) is 63.6 Å². The highest BCUT2D eigenvalue weighted by Crippen LogP contribution is 2.37. The lowest BCUT2D eigenvalue weighted by atomic mass is 9.97. The molecule has 1 atom stereocenters. The van der Waals surface area contributed by atoms with Gasteiger partial charge in [-0.2, -0.15) is 0 Å². The lowest BCUT2D eigenvalue weighted by Gasteiger charge is -2.38. The van der Waals surface area contributed by atoms with E-state index in [0.717, 1.165) is 52.9 Å². The number of rotatable bonds is 12. The van der Waals surface area contributed by atoms with E-state index in [-0.39, 0.29) is 18.4 Å². The number of hydrogen-bond acceptors (Lipinski definition) is 6. The fraction of sp³-hybridized carbons (Fsp3) is 0.308. The molecule has 0 saturated heterocycles. The molecule has 2 amide bonds. The Kier molecular flexibility index (Phi) is 11.3. The maximum Gasteiger partial charge on any atom is 0.407 e. The van der Waals surface area contributed by atoms with Gasteiger partial charge in [-0.25, -0.2) is 9.79 Å². The van der Waals surface area contributed by atoms with Crippen LogP contribution >= 0.6 is 0 Å². The van der Waals surface area contributed by atoms with Crippen molar-refractivity contribution in [3.63, 3.8) is 0 Å². The summed E-state index contributed by atoms with van der Waals surface area (Å²) in [5.41, 5.74) is 5.63. The number of anilines is 1. The number of guanidine groups is 1. The first-order chi connectivity index (χ1) is 22.7. The molecule has 0 saturated carbocycles. The van der Waals surface area contributed by atoms with Crippen molar-refractivity contribution in [3.05, 3.63) is 120 Å². The second-order valence-corrected chi connectivity index (χ2v) is 12.7. The Labute approximate surface area is 278 Å². The summed E-state index contributed by atoms with van der Waals surface area (Å²) in [5.74, 6) is 0.692. The normalized spacial score (nSPS) is 14.1. The third kappa shape index (κ3) is 9.94. The smallest absolute Gasteiger partial charge is 0.407 e. The van der Waals surface area contributed by atoms with Crippen LogP contribution in [0.25, 0.3) is 11.1 Å². The highest BCUT2D eigenvalue weighted by Gasteiger charge is 2.31. The van der Waals surface area contributed by atoms with Gasteiger partial charge in [-0.15, -0.1) is 0 Å². The molecule has 0 aromatic heterocycles. The van der Waals surface area contributed by atoms with Crippen molar-refractivity contribution >= 4 is 29.3 Å². The molecule has 0 bridgehead atoms. The third-order valence-corrected chi connectivity index (χ3v) is 7.87. The van der Waals surface area contributed by atoms with E-state index in [1.54, 1.807) is 0 Å². The molecule has 8 nitrogen and oxygen atoms in total. The minimum Gasteiger partial charge on any atom is -0.444 e. The van der Waals surface area contributed by atoms with Crippen LogP contribution in [0.2, 0.25) is 0 Å². The third-order valence-electron chi connectivity index (χ3n) is 7.87. The summed E-state index contributed by atoms with van der Waals surface area (Å²) in [6, 6.07) is 36.4. The number of fused-ring (bicyclic) bond motifs is 1. The minimum absolute atomic E-state index is 0.0197. The largest absolute Gasteiger partial charge is 0.444 e. The van der Waals surface area contributed by atoms with Gasteiger partial charge in [-0.05, 0) is 74.9 Å². The van der Waals surface area contributed by atoms with Gasteiger partial charge >= 0.3 is 6.09 Å². The maximum absolute atomic E-state index is 13.4. The fourth-order valence-electron chi connectivity index (χ4n) is 5.59. The second kappa shape index (κ2) is 15.9. The zero-order chi connectivity index (χ0) is 33.1. The Morgan fingerprint density at radius 1 is 0.766 bits per heavy atom. The summed E-state index contributed by atoms with van der Waals surface area (Å²) in [7, 11) is 0. The summed E-state index contributed by atoms with van der Waals surface area (Å²) >= 11 is 0. The van der Waals surface area contributed by atoms with Crippen molar-refractivity contribution in [2.75, 3.05) is 18.4 Å². The van der Waals surface area contributed by atoms with E-state index in [0.29, 0.717) is 25.6 Å². The molecule has 4 aromatic carbocycles. The Hall–Kier alpha value is -5.11. The van der Waals surface area contributed by atoms with Gasteiger partial charge in [0, 0.05) is 30.9 Å². The number of unbranched alkanes of at least 4 members (excludes halogenated alkanes) is 2. The summed E-state index contributed by atoms with van der Waals surface area (Å²) < 4.78 is 5.35. The van der Waals surface area contributed by atoms with Crippen LogP contribution in [0.4, 0.5) is 16.2 Å². The molecule has 0 unspecified atom stereocenters. The van der Waals surface area contributed by atoms with Gasteiger partial charge in [-0.1, -0.05) is 91.0 Å². The molecule has 4 aromatic rings. The average molecular weight is 632 g/mol. The van der Waals surface area contributed by atoms with Crippen molar-refractivity contribution in [3.8, 4) is 11.1 Å². The molecule has 0 aliphatic carbocycles. The van der Waals surface area contributed by atoms with Crippen molar-refractivity contribution in [2.24, 2.45) is 4.99 Å². The van der Waals surface area contributed by atoms with E-state index in [1.807, 2.05) is 87.5 Å². The first-order valence-electron chi connectivity index (χ1n) is 16.4. The first-order valence-corrected chi connectivity index (χ1v) is 16.4. The zero-order valence-corrected chi connectivity index (χ0v) is 27.5. The summed E-state index contributed by atoms with van der Waals surface area (Å²) in [6.45, 7) is 7.26. The van der Waals surface area contributed by atoms with E-state index >= 15 is 0 Å². The topological polar surface area (TPSA) is 95.1 Å². The SMILES string of the molecule is CC(C)(C)OC(=O)NCCCCCN1C(Nc2ccc(-c3ccccc3)cc2)=Nc2ccccc2[C@@H]1CC(=O)NCc1ccccc1. The molecule has 1 aliphatic rings. The lowest BCUT2D eigenvalue weighted by Crippen LogP contribution is -2.43. The van der Waals surface area contributed by atoms with Crippen LogP contribution in [0.15, 0.2) is 114 Å². The molecule has 47 heavy (non-hydrogen) atoms. The van der Waals surface area contributed by atoms with Gasteiger partial charge < -0.3 is 25.6 Å². The molecular formula is C39H45N5O3. The van der Waals surface area contributed by atoms with Gasteiger partial charge in [0.1, 0.15) is 5.60 Å². The van der Waals surface area contributed by atoms with Gasteiger partial charge in [0.15, 0.2) is 0 Å². The number of benzene rings is 4. The standard InChI is InChI=1S/C39H45N5O3/c1-39(2,3)47-38(46)40-25-13-6-14-26-44-35(27-36(45)41-28-29-15-7-4-8-16-29)33-19-11-12-20-34(33)43-37(44)42-32-23-21-31(22-24-32)30-17-9-5-10-18-30/h4-5,7-12,15-24,35H,6,13-14,25-28H2,1-3H3,(H,40,46)(H,41,45)(H,42,43)/t35-/m0/s1. The van der Waals surface area contributed by atoms with Gasteiger partial charge in [0.2, 0.25) is 11.9 Å². The maximum atomic E-state index is 13.4. The van der Waals surface area contributed by atoms with Gasteiger partial charge in [0.25, 0.3) is 0 Å². The van der Waals surface area contributed by atoms with Crippen LogP contribution in [0, 0.1) is 0 Å². The van der Waals surface area contributed by atoms with E-state index < -0.39 is 11.7 Å². The Morgan fingerprint density at radius 2 is 1.43 bits per heavy atom. The summed E-state index contributed by atoms with van der Waals surface area (Å²) in [4.78, 5) is 32.7. The number of nitrogens with one attached hydrogen (secondary N) is 3. The number of nitrogens with zero attached hydrogens (tertiary/aromatic N) is 2. The van der Waals surface area contributed by atoms with Crippen molar-refractivity contribution in [1.82, 2.24) is 15.5 Å². The predicted octanol–water partition coefficient (Wildman–Crippen LogP) is 8.21. The first kappa shape index (κ1) is 33.3. The summed E-state index contributed by atoms with van der Waals surface area (Å²) in [5, 5.41) is 9.53. The van der Waals surface area contributed by atoms with Crippen LogP contribution in [0.5, 0.6) is 0 Å². The molecule has 1 aliphatic heterocycles. The van der Waals surface area contributed by atoms with Crippen LogP contribution < -0.4 is 16.0 Å². The lowest BCUT2D eigenvalue weighted by molar-refractivity contribution is -0.122. The van der Waals surface area contributed by atoms with E-state index in [9.17, 15) is 9.59 Å². The number of ether oxygens (including phenoxy) is 1. The molecular weight excluding hydrogens is 586 g/mol. The fourth-order valence-corrected chi connectivity index (χ4v) is 5.59.